The molecular formula is C14H29NO2. The van der Waals surface area contributed by atoms with Crippen molar-refractivity contribution >= 4 is 0 Å². The summed E-state index contributed by atoms with van der Waals surface area (Å²) in [5.41, 5.74) is 0. The molecule has 0 aromatic carbocycles. The van der Waals surface area contributed by atoms with Gasteiger partial charge in [-0.05, 0) is 39.7 Å². The van der Waals surface area contributed by atoms with E-state index >= 15 is 0 Å². The standard InChI is InChI=1S/C14H29NO2/c1-4-16-14(17-5-2)12-15(3)11-13-9-7-6-8-10-13/h13-14H,4-12H2,1-3H3. The zero-order valence-electron chi connectivity index (χ0n) is 11.8. The normalized spacial score (nSPS) is 18.2. The fourth-order valence-corrected chi connectivity index (χ4v) is 2.66. The van der Waals surface area contributed by atoms with Gasteiger partial charge in [0.1, 0.15) is 0 Å². The number of nitrogens with zero attached hydrogens (tertiary/aromatic N) is 1. The van der Waals surface area contributed by atoms with Crippen molar-refractivity contribution in [2.24, 2.45) is 5.92 Å². The van der Waals surface area contributed by atoms with Crippen LogP contribution in [0.1, 0.15) is 46.0 Å². The van der Waals surface area contributed by atoms with Gasteiger partial charge in [-0.15, -0.1) is 0 Å². The van der Waals surface area contributed by atoms with Crippen molar-refractivity contribution < 1.29 is 9.47 Å². The summed E-state index contributed by atoms with van der Waals surface area (Å²) in [6, 6.07) is 0. The van der Waals surface area contributed by atoms with Crippen molar-refractivity contribution in [1.82, 2.24) is 4.90 Å². The molecule has 0 aliphatic heterocycles. The first-order valence-corrected chi connectivity index (χ1v) is 7.18. The van der Waals surface area contributed by atoms with Crippen molar-refractivity contribution in [3.8, 4) is 0 Å². The predicted molar refractivity (Wildman–Crippen MR) is 71.1 cm³/mol. The Morgan fingerprint density at radius 1 is 1.06 bits per heavy atom. The predicted octanol–water partition coefficient (Wildman–Crippen LogP) is 2.90. The first-order valence-electron chi connectivity index (χ1n) is 7.18. The van der Waals surface area contributed by atoms with Crippen molar-refractivity contribution in [3.63, 3.8) is 0 Å². The van der Waals surface area contributed by atoms with Crippen LogP contribution >= 0.6 is 0 Å². The van der Waals surface area contributed by atoms with Crippen LogP contribution in [0, 0.1) is 5.92 Å². The Balaban J connectivity index is 2.22. The molecule has 0 bridgehead atoms. The SMILES string of the molecule is CCOC(CN(C)CC1CCCCC1)OCC. The molecule has 1 aliphatic carbocycles. The van der Waals surface area contributed by atoms with Gasteiger partial charge in [0.25, 0.3) is 0 Å². The van der Waals surface area contributed by atoms with E-state index in [9.17, 15) is 0 Å². The Hall–Kier alpha value is -0.120. The molecule has 0 radical (unpaired) electrons. The number of likely N-dealkylation sites (N-methyl/N-ethyl adjacent to an activating group) is 1. The molecule has 0 unspecified atom stereocenters. The fraction of sp³-hybridized carbons (Fsp3) is 1.00. The molecule has 0 atom stereocenters. The van der Waals surface area contributed by atoms with E-state index in [1.807, 2.05) is 13.8 Å². The summed E-state index contributed by atoms with van der Waals surface area (Å²) in [6.07, 6.45) is 7.01. The molecule has 0 aromatic rings. The van der Waals surface area contributed by atoms with Gasteiger partial charge in [-0.3, -0.25) is 0 Å². The van der Waals surface area contributed by atoms with E-state index in [4.69, 9.17) is 9.47 Å². The molecule has 0 amide bonds. The third-order valence-electron chi connectivity index (χ3n) is 3.46. The van der Waals surface area contributed by atoms with E-state index in [1.54, 1.807) is 0 Å². The summed E-state index contributed by atoms with van der Waals surface area (Å²) in [4.78, 5) is 2.37. The van der Waals surface area contributed by atoms with E-state index in [0.29, 0.717) is 0 Å². The number of rotatable bonds is 8. The van der Waals surface area contributed by atoms with Crippen LogP contribution in [0.15, 0.2) is 0 Å². The highest BCUT2D eigenvalue weighted by Gasteiger charge is 2.17. The molecule has 102 valence electrons. The van der Waals surface area contributed by atoms with Gasteiger partial charge in [0.2, 0.25) is 0 Å². The minimum Gasteiger partial charge on any atom is -0.352 e. The molecule has 0 aromatic heterocycles. The summed E-state index contributed by atoms with van der Waals surface area (Å²) in [5, 5.41) is 0. The number of ether oxygens (including phenoxy) is 2. The second-order valence-corrected chi connectivity index (χ2v) is 5.07. The lowest BCUT2D eigenvalue weighted by Crippen LogP contribution is -2.36. The smallest absolute Gasteiger partial charge is 0.170 e. The first-order chi connectivity index (χ1) is 8.26. The van der Waals surface area contributed by atoms with Crippen LogP contribution in [-0.2, 0) is 9.47 Å². The van der Waals surface area contributed by atoms with Crippen LogP contribution in [0.2, 0.25) is 0 Å². The second kappa shape index (κ2) is 8.90. The molecule has 17 heavy (non-hydrogen) atoms. The molecule has 3 heteroatoms. The van der Waals surface area contributed by atoms with Crippen molar-refractivity contribution in [1.29, 1.82) is 0 Å². The van der Waals surface area contributed by atoms with Gasteiger partial charge in [-0.1, -0.05) is 19.3 Å². The van der Waals surface area contributed by atoms with Crippen LogP contribution in [0.3, 0.4) is 0 Å². The van der Waals surface area contributed by atoms with Crippen molar-refractivity contribution in [2.45, 2.75) is 52.2 Å². The molecule has 0 spiro atoms. The maximum atomic E-state index is 5.58. The Bertz CT molecular complexity index is 175. The van der Waals surface area contributed by atoms with Gasteiger partial charge in [0.15, 0.2) is 6.29 Å². The second-order valence-electron chi connectivity index (χ2n) is 5.07. The molecule has 0 N–H and O–H groups in total. The highest BCUT2D eigenvalue weighted by atomic mass is 16.7. The molecule has 1 rings (SSSR count). The largest absolute Gasteiger partial charge is 0.352 e. The number of hydrogen-bond donors (Lipinski definition) is 0. The minimum atomic E-state index is -0.0569. The Labute approximate surface area is 106 Å². The highest BCUT2D eigenvalue weighted by molar-refractivity contribution is 4.69. The molecular weight excluding hydrogens is 214 g/mol. The molecule has 3 nitrogen and oxygen atoms in total. The average Bonchev–Trinajstić information content (AvgIpc) is 2.30. The van der Waals surface area contributed by atoms with E-state index < -0.39 is 0 Å². The Morgan fingerprint density at radius 2 is 1.65 bits per heavy atom. The lowest BCUT2D eigenvalue weighted by Gasteiger charge is -2.29. The molecule has 1 fully saturated rings. The summed E-state index contributed by atoms with van der Waals surface area (Å²) in [7, 11) is 2.18. The van der Waals surface area contributed by atoms with Crippen LogP contribution < -0.4 is 0 Å². The van der Waals surface area contributed by atoms with Gasteiger partial charge in [0.05, 0.1) is 0 Å². The summed E-state index contributed by atoms with van der Waals surface area (Å²) < 4.78 is 11.2. The molecule has 1 aliphatic rings. The van der Waals surface area contributed by atoms with E-state index in [2.05, 4.69) is 11.9 Å². The van der Waals surface area contributed by atoms with Crippen LogP contribution in [-0.4, -0.2) is 44.5 Å². The summed E-state index contributed by atoms with van der Waals surface area (Å²) >= 11 is 0. The zero-order chi connectivity index (χ0) is 12.5. The third-order valence-corrected chi connectivity index (χ3v) is 3.46. The lowest BCUT2D eigenvalue weighted by atomic mass is 9.89. The minimum absolute atomic E-state index is 0.0569. The van der Waals surface area contributed by atoms with E-state index in [0.717, 1.165) is 25.7 Å². The average molecular weight is 243 g/mol. The fourth-order valence-electron chi connectivity index (χ4n) is 2.66. The Morgan fingerprint density at radius 3 is 2.18 bits per heavy atom. The van der Waals surface area contributed by atoms with E-state index in [1.165, 1.54) is 38.6 Å². The summed E-state index contributed by atoms with van der Waals surface area (Å²) in [5.74, 6) is 0.887. The molecule has 0 heterocycles. The van der Waals surface area contributed by atoms with Gasteiger partial charge < -0.3 is 14.4 Å². The summed E-state index contributed by atoms with van der Waals surface area (Å²) in [6.45, 7) is 7.57. The molecule has 1 saturated carbocycles. The van der Waals surface area contributed by atoms with E-state index in [-0.39, 0.29) is 6.29 Å². The first kappa shape index (κ1) is 14.9. The maximum Gasteiger partial charge on any atom is 0.170 e. The van der Waals surface area contributed by atoms with Gasteiger partial charge in [0, 0.05) is 26.3 Å². The third kappa shape index (κ3) is 6.39. The van der Waals surface area contributed by atoms with Crippen molar-refractivity contribution in [3.05, 3.63) is 0 Å². The van der Waals surface area contributed by atoms with Gasteiger partial charge in [-0.25, -0.2) is 0 Å². The Kier molecular flexibility index (Phi) is 7.82. The van der Waals surface area contributed by atoms with Gasteiger partial charge in [-0.2, -0.15) is 0 Å². The highest BCUT2D eigenvalue weighted by Crippen LogP contribution is 2.24. The lowest BCUT2D eigenvalue weighted by molar-refractivity contribution is -0.146. The van der Waals surface area contributed by atoms with Gasteiger partial charge >= 0.3 is 0 Å². The quantitative estimate of drug-likeness (QED) is 0.612. The monoisotopic (exact) mass is 243 g/mol. The van der Waals surface area contributed by atoms with Crippen LogP contribution in [0.4, 0.5) is 0 Å². The van der Waals surface area contributed by atoms with Crippen LogP contribution in [0.5, 0.6) is 0 Å². The topological polar surface area (TPSA) is 21.7 Å². The maximum absolute atomic E-state index is 5.58. The molecule has 0 saturated heterocycles. The number of hydrogen-bond acceptors (Lipinski definition) is 3. The van der Waals surface area contributed by atoms with Crippen LogP contribution in [0.25, 0.3) is 0 Å². The van der Waals surface area contributed by atoms with Crippen molar-refractivity contribution in [2.75, 3.05) is 33.4 Å². The zero-order valence-corrected chi connectivity index (χ0v) is 11.8.